The van der Waals surface area contributed by atoms with E-state index in [4.69, 9.17) is 10.8 Å². The number of aromatic amines is 1. The van der Waals surface area contributed by atoms with Crippen LogP contribution in [0, 0.1) is 5.92 Å². The van der Waals surface area contributed by atoms with Crippen LogP contribution >= 0.6 is 0 Å². The molecule has 8 N–H and O–H groups in total. The normalized spacial score (nSPS) is 13.6. The van der Waals surface area contributed by atoms with E-state index in [1.165, 1.54) is 12.5 Å². The van der Waals surface area contributed by atoms with Crippen molar-refractivity contribution in [1.29, 1.82) is 0 Å². The Balaban J connectivity index is 2.93. The molecule has 178 valence electrons. The van der Waals surface area contributed by atoms with Crippen molar-refractivity contribution < 1.29 is 34.2 Å². The first-order chi connectivity index (χ1) is 15.0. The van der Waals surface area contributed by atoms with E-state index in [2.05, 4.69) is 25.9 Å². The van der Waals surface area contributed by atoms with Gasteiger partial charge in [0.2, 0.25) is 17.7 Å². The second kappa shape index (κ2) is 13.0. The van der Waals surface area contributed by atoms with Gasteiger partial charge in [0.15, 0.2) is 0 Å². The van der Waals surface area contributed by atoms with Gasteiger partial charge in [0.05, 0.1) is 12.9 Å². The van der Waals surface area contributed by atoms with Crippen molar-refractivity contribution in [1.82, 2.24) is 25.9 Å². The lowest BCUT2D eigenvalue weighted by Crippen LogP contribution is -2.56. The highest BCUT2D eigenvalue weighted by Gasteiger charge is 2.30. The minimum Gasteiger partial charge on any atom is -0.481 e. The van der Waals surface area contributed by atoms with Crippen LogP contribution in [0.5, 0.6) is 0 Å². The van der Waals surface area contributed by atoms with E-state index in [9.17, 15) is 29.1 Å². The largest absolute Gasteiger partial charge is 0.481 e. The number of amides is 3. The van der Waals surface area contributed by atoms with Crippen molar-refractivity contribution in [3.8, 4) is 0 Å². The predicted molar refractivity (Wildman–Crippen MR) is 111 cm³/mol. The van der Waals surface area contributed by atoms with Gasteiger partial charge in [0.25, 0.3) is 0 Å². The van der Waals surface area contributed by atoms with E-state index in [1.54, 1.807) is 0 Å². The Morgan fingerprint density at radius 2 is 1.66 bits per heavy atom. The lowest BCUT2D eigenvalue weighted by molar-refractivity contribution is -0.142. The van der Waals surface area contributed by atoms with Crippen LogP contribution in [0.25, 0.3) is 0 Å². The number of nitrogens with one attached hydrogen (secondary N) is 4. The summed E-state index contributed by atoms with van der Waals surface area (Å²) in [6, 6.07) is -3.59. The Morgan fingerprint density at radius 1 is 1.03 bits per heavy atom. The molecule has 0 saturated heterocycles. The fraction of sp³-hybridized carbons (Fsp3) is 0.579. The van der Waals surface area contributed by atoms with E-state index in [0.29, 0.717) is 5.69 Å². The van der Waals surface area contributed by atoms with Gasteiger partial charge < -0.3 is 36.9 Å². The molecule has 0 bridgehead atoms. The Bertz CT molecular complexity index is 796. The zero-order valence-electron chi connectivity index (χ0n) is 18.0. The van der Waals surface area contributed by atoms with Crippen LogP contribution in [0.1, 0.15) is 38.8 Å². The standard InChI is InChI=1S/C19H30N6O7/c1-10(2)5-13(18(30)25-14(19(31)32)6-11-8-21-9-22-11)24-17(29)12(3-4-16(27)28)23-15(26)7-20/h8-10,12-14H,3-7,20H2,1-2H3,(H,21,22)(H,23,26)(H,24,29)(H,25,30)(H,27,28)(H,31,32). The number of imidazole rings is 1. The maximum atomic E-state index is 12.8. The molecular formula is C19H30N6O7. The molecule has 0 aromatic carbocycles. The van der Waals surface area contributed by atoms with Crippen LogP contribution in [0.3, 0.4) is 0 Å². The molecule has 1 heterocycles. The Labute approximate surface area is 184 Å². The fourth-order valence-corrected chi connectivity index (χ4v) is 2.85. The molecule has 3 atom stereocenters. The average Bonchev–Trinajstić information content (AvgIpc) is 3.22. The van der Waals surface area contributed by atoms with Gasteiger partial charge in [-0.3, -0.25) is 19.2 Å². The van der Waals surface area contributed by atoms with E-state index in [-0.39, 0.29) is 25.2 Å². The van der Waals surface area contributed by atoms with Crippen molar-refractivity contribution in [3.63, 3.8) is 0 Å². The summed E-state index contributed by atoms with van der Waals surface area (Å²) < 4.78 is 0. The first-order valence-corrected chi connectivity index (χ1v) is 10.1. The molecule has 0 aliphatic heterocycles. The number of carboxylic acid groups (broad SMARTS) is 2. The second-order valence-corrected chi connectivity index (χ2v) is 7.63. The Morgan fingerprint density at radius 3 is 2.16 bits per heavy atom. The predicted octanol–water partition coefficient (Wildman–Crippen LogP) is -1.64. The van der Waals surface area contributed by atoms with Gasteiger partial charge in [-0.05, 0) is 18.8 Å². The number of nitrogens with zero attached hydrogens (tertiary/aromatic N) is 1. The Kier molecular flexibility index (Phi) is 10.8. The van der Waals surface area contributed by atoms with Gasteiger partial charge in [-0.1, -0.05) is 13.8 Å². The highest BCUT2D eigenvalue weighted by atomic mass is 16.4. The molecule has 0 aliphatic carbocycles. The SMILES string of the molecule is CC(C)CC(NC(=O)C(CCC(=O)O)NC(=O)CN)C(=O)NC(Cc1cnc[nH]1)C(=O)O. The third-order valence-electron chi connectivity index (χ3n) is 4.42. The summed E-state index contributed by atoms with van der Waals surface area (Å²) in [5.41, 5.74) is 5.74. The Hall–Kier alpha value is -3.48. The molecule has 0 fully saturated rings. The van der Waals surface area contributed by atoms with E-state index >= 15 is 0 Å². The van der Waals surface area contributed by atoms with E-state index in [0.717, 1.165) is 0 Å². The number of rotatable bonds is 14. The summed E-state index contributed by atoms with van der Waals surface area (Å²) in [4.78, 5) is 66.2. The third kappa shape index (κ3) is 9.55. The monoisotopic (exact) mass is 454 g/mol. The number of aromatic nitrogens is 2. The molecule has 0 saturated carbocycles. The number of aliphatic carboxylic acids is 2. The number of nitrogens with two attached hydrogens (primary N) is 1. The summed E-state index contributed by atoms with van der Waals surface area (Å²) in [6.07, 6.45) is 2.35. The van der Waals surface area contributed by atoms with E-state index < -0.39 is 60.8 Å². The maximum Gasteiger partial charge on any atom is 0.326 e. The third-order valence-corrected chi connectivity index (χ3v) is 4.42. The zero-order valence-corrected chi connectivity index (χ0v) is 18.0. The quantitative estimate of drug-likeness (QED) is 0.171. The van der Waals surface area contributed by atoms with E-state index in [1.807, 2.05) is 13.8 Å². The van der Waals surface area contributed by atoms with Crippen molar-refractivity contribution in [2.75, 3.05) is 6.54 Å². The van der Waals surface area contributed by atoms with Crippen molar-refractivity contribution in [2.45, 2.75) is 57.7 Å². The molecule has 1 aromatic rings. The molecule has 1 aromatic heterocycles. The van der Waals surface area contributed by atoms with Crippen LogP contribution in [0.4, 0.5) is 0 Å². The summed E-state index contributed by atoms with van der Waals surface area (Å²) in [5, 5.41) is 25.6. The summed E-state index contributed by atoms with van der Waals surface area (Å²) >= 11 is 0. The smallest absolute Gasteiger partial charge is 0.326 e. The van der Waals surface area contributed by atoms with Gasteiger partial charge >= 0.3 is 11.9 Å². The summed E-state index contributed by atoms with van der Waals surface area (Å²) in [5.74, 6) is -4.62. The number of hydrogen-bond acceptors (Lipinski definition) is 7. The zero-order chi connectivity index (χ0) is 24.3. The van der Waals surface area contributed by atoms with Crippen molar-refractivity contribution >= 4 is 29.7 Å². The van der Waals surface area contributed by atoms with Crippen LogP contribution in [0.15, 0.2) is 12.5 Å². The van der Waals surface area contributed by atoms with Crippen LogP contribution in [-0.2, 0) is 30.4 Å². The molecular weight excluding hydrogens is 424 g/mol. The molecule has 13 nitrogen and oxygen atoms in total. The van der Waals surface area contributed by atoms with Crippen molar-refractivity contribution in [3.05, 3.63) is 18.2 Å². The molecule has 0 aliphatic rings. The molecule has 0 radical (unpaired) electrons. The molecule has 3 amide bonds. The van der Waals surface area contributed by atoms with Crippen LogP contribution in [-0.4, -0.2) is 74.5 Å². The summed E-state index contributed by atoms with van der Waals surface area (Å²) in [6.45, 7) is 3.22. The number of carbonyl (C=O) groups is 5. The summed E-state index contributed by atoms with van der Waals surface area (Å²) in [7, 11) is 0. The van der Waals surface area contributed by atoms with Crippen molar-refractivity contribution in [2.24, 2.45) is 11.7 Å². The average molecular weight is 454 g/mol. The fourth-order valence-electron chi connectivity index (χ4n) is 2.85. The minimum atomic E-state index is -1.27. The molecule has 13 heteroatoms. The topological polar surface area (TPSA) is 217 Å². The number of carbonyl (C=O) groups excluding carboxylic acids is 3. The van der Waals surface area contributed by atoms with Crippen LogP contribution < -0.4 is 21.7 Å². The van der Waals surface area contributed by atoms with Gasteiger partial charge in [-0.2, -0.15) is 0 Å². The maximum absolute atomic E-state index is 12.8. The number of hydrogen-bond donors (Lipinski definition) is 7. The highest BCUT2D eigenvalue weighted by molar-refractivity contribution is 5.93. The van der Waals surface area contributed by atoms with Gasteiger partial charge in [0, 0.05) is 24.7 Å². The first-order valence-electron chi connectivity index (χ1n) is 10.1. The molecule has 0 spiro atoms. The second-order valence-electron chi connectivity index (χ2n) is 7.63. The van der Waals surface area contributed by atoms with Crippen LogP contribution in [0.2, 0.25) is 0 Å². The minimum absolute atomic E-state index is 0.0435. The van der Waals surface area contributed by atoms with Gasteiger partial charge in [-0.25, -0.2) is 9.78 Å². The first kappa shape index (κ1) is 26.6. The number of carboxylic acids is 2. The molecule has 1 rings (SSSR count). The molecule has 3 unspecified atom stereocenters. The number of H-pyrrole nitrogens is 1. The molecule has 32 heavy (non-hydrogen) atoms. The lowest BCUT2D eigenvalue weighted by atomic mass is 10.0. The highest BCUT2D eigenvalue weighted by Crippen LogP contribution is 2.08. The lowest BCUT2D eigenvalue weighted by Gasteiger charge is -2.25. The van der Waals surface area contributed by atoms with Gasteiger partial charge in [0.1, 0.15) is 18.1 Å². The van der Waals surface area contributed by atoms with Gasteiger partial charge in [-0.15, -0.1) is 0 Å².